The first kappa shape index (κ1) is 15.8. The van der Waals surface area contributed by atoms with Crippen LogP contribution in [0, 0.1) is 0 Å². The summed E-state index contributed by atoms with van der Waals surface area (Å²) in [6.45, 7) is -1.28. The van der Waals surface area contributed by atoms with Gasteiger partial charge in [0, 0.05) is 13.1 Å². The van der Waals surface area contributed by atoms with Crippen LogP contribution < -0.4 is 5.32 Å². The van der Waals surface area contributed by atoms with Gasteiger partial charge in [-0.1, -0.05) is 18.2 Å². The van der Waals surface area contributed by atoms with Gasteiger partial charge in [-0.25, -0.2) is 0 Å². The summed E-state index contributed by atoms with van der Waals surface area (Å²) >= 11 is 0. The molecular weight excluding hydrogens is 276 g/mol. The van der Waals surface area contributed by atoms with Crippen molar-refractivity contribution in [2.24, 2.45) is 0 Å². The maximum absolute atomic E-state index is 12.6. The van der Waals surface area contributed by atoms with Gasteiger partial charge in [0.05, 0.1) is 5.56 Å². The SMILES string of the molecule is O[C@@H](CNCc1ccccc1C(F)(F)F)C(F)(F)F. The fourth-order valence-electron chi connectivity index (χ4n) is 1.41. The van der Waals surface area contributed by atoms with E-state index in [2.05, 4.69) is 5.32 Å². The zero-order valence-corrected chi connectivity index (χ0v) is 9.52. The summed E-state index contributed by atoms with van der Waals surface area (Å²) in [7, 11) is 0. The van der Waals surface area contributed by atoms with E-state index in [1.165, 1.54) is 12.1 Å². The van der Waals surface area contributed by atoms with E-state index in [-0.39, 0.29) is 5.56 Å². The molecule has 8 heteroatoms. The molecule has 1 rings (SSSR count). The first-order valence-corrected chi connectivity index (χ1v) is 5.23. The van der Waals surface area contributed by atoms with Gasteiger partial charge in [0.25, 0.3) is 0 Å². The molecule has 0 saturated carbocycles. The summed E-state index contributed by atoms with van der Waals surface area (Å²) in [4.78, 5) is 0. The highest BCUT2D eigenvalue weighted by atomic mass is 19.4. The molecule has 0 saturated heterocycles. The van der Waals surface area contributed by atoms with Crippen molar-refractivity contribution < 1.29 is 31.4 Å². The molecule has 2 nitrogen and oxygen atoms in total. The van der Waals surface area contributed by atoms with E-state index in [9.17, 15) is 26.3 Å². The highest BCUT2D eigenvalue weighted by Crippen LogP contribution is 2.31. The monoisotopic (exact) mass is 287 g/mol. The minimum atomic E-state index is -4.80. The number of aliphatic hydroxyl groups is 1. The van der Waals surface area contributed by atoms with Gasteiger partial charge >= 0.3 is 12.4 Å². The van der Waals surface area contributed by atoms with Crippen molar-refractivity contribution in [1.29, 1.82) is 0 Å². The Hall–Kier alpha value is -1.28. The van der Waals surface area contributed by atoms with Crippen molar-refractivity contribution in [2.45, 2.75) is 25.0 Å². The topological polar surface area (TPSA) is 32.3 Å². The maximum Gasteiger partial charge on any atom is 0.416 e. The Bertz CT molecular complexity index is 414. The highest BCUT2D eigenvalue weighted by molar-refractivity contribution is 5.29. The minimum Gasteiger partial charge on any atom is -0.382 e. The van der Waals surface area contributed by atoms with Crippen LogP contribution in [0.1, 0.15) is 11.1 Å². The van der Waals surface area contributed by atoms with Gasteiger partial charge in [-0.15, -0.1) is 0 Å². The number of aliphatic hydroxyl groups excluding tert-OH is 1. The molecule has 1 aromatic carbocycles. The third-order valence-corrected chi connectivity index (χ3v) is 2.35. The van der Waals surface area contributed by atoms with Crippen LogP contribution >= 0.6 is 0 Å². The highest BCUT2D eigenvalue weighted by Gasteiger charge is 2.38. The lowest BCUT2D eigenvalue weighted by atomic mass is 10.1. The second kappa shape index (κ2) is 5.79. The zero-order valence-electron chi connectivity index (χ0n) is 9.52. The van der Waals surface area contributed by atoms with Crippen LogP contribution in [-0.2, 0) is 12.7 Å². The number of benzene rings is 1. The fourth-order valence-corrected chi connectivity index (χ4v) is 1.41. The van der Waals surface area contributed by atoms with Crippen molar-refractivity contribution >= 4 is 0 Å². The third-order valence-electron chi connectivity index (χ3n) is 2.35. The molecule has 0 bridgehead atoms. The Morgan fingerprint density at radius 1 is 1.05 bits per heavy atom. The van der Waals surface area contributed by atoms with Crippen LogP contribution in [0.4, 0.5) is 26.3 Å². The lowest BCUT2D eigenvalue weighted by molar-refractivity contribution is -0.201. The summed E-state index contributed by atoms with van der Waals surface area (Å²) < 4.78 is 73.6. The minimum absolute atomic E-state index is 0.177. The average Bonchev–Trinajstić information content (AvgIpc) is 2.27. The molecule has 0 aliphatic rings. The third kappa shape index (κ3) is 4.71. The summed E-state index contributed by atoms with van der Waals surface area (Å²) in [5.41, 5.74) is -1.09. The van der Waals surface area contributed by atoms with Crippen LogP contribution in [0.2, 0.25) is 0 Å². The molecule has 0 aliphatic carbocycles. The molecule has 19 heavy (non-hydrogen) atoms. The first-order valence-electron chi connectivity index (χ1n) is 5.23. The van der Waals surface area contributed by atoms with Crippen molar-refractivity contribution in [3.05, 3.63) is 35.4 Å². The largest absolute Gasteiger partial charge is 0.416 e. The van der Waals surface area contributed by atoms with Gasteiger partial charge in [-0.2, -0.15) is 26.3 Å². The zero-order chi connectivity index (χ0) is 14.7. The molecule has 108 valence electrons. The normalized spacial score (nSPS) is 14.5. The van der Waals surface area contributed by atoms with Gasteiger partial charge < -0.3 is 10.4 Å². The van der Waals surface area contributed by atoms with Crippen molar-refractivity contribution in [1.82, 2.24) is 5.32 Å². The summed E-state index contributed by atoms with van der Waals surface area (Å²) in [5.74, 6) is 0. The number of hydrogen-bond donors (Lipinski definition) is 2. The molecule has 0 unspecified atom stereocenters. The van der Waals surface area contributed by atoms with Crippen molar-refractivity contribution in [3.63, 3.8) is 0 Å². The molecule has 0 aliphatic heterocycles. The Kier molecular flexibility index (Phi) is 4.81. The number of rotatable bonds is 4. The summed E-state index contributed by atoms with van der Waals surface area (Å²) in [6.07, 6.45) is -12.0. The molecule has 0 radical (unpaired) electrons. The molecular formula is C11H11F6NO. The fraction of sp³-hybridized carbons (Fsp3) is 0.455. The number of nitrogens with one attached hydrogen (secondary N) is 1. The van der Waals surface area contributed by atoms with Crippen molar-refractivity contribution in [2.75, 3.05) is 6.54 Å². The van der Waals surface area contributed by atoms with Gasteiger partial charge in [-0.05, 0) is 11.6 Å². The smallest absolute Gasteiger partial charge is 0.382 e. The quantitative estimate of drug-likeness (QED) is 0.835. The summed E-state index contributed by atoms with van der Waals surface area (Å²) in [5, 5.41) is 10.8. The van der Waals surface area contributed by atoms with Crippen LogP contribution in [0.5, 0.6) is 0 Å². The Labute approximate surface area is 105 Å². The van der Waals surface area contributed by atoms with E-state index in [0.29, 0.717) is 0 Å². The Balaban J connectivity index is 2.64. The van der Waals surface area contributed by atoms with Crippen LogP contribution in [0.25, 0.3) is 0 Å². The molecule has 0 fully saturated rings. The first-order chi connectivity index (χ1) is 8.62. The predicted octanol–water partition coefficient (Wildman–Crippen LogP) is 2.72. The van der Waals surface area contributed by atoms with E-state index >= 15 is 0 Å². The van der Waals surface area contributed by atoms with E-state index in [4.69, 9.17) is 5.11 Å². The molecule has 0 amide bonds. The van der Waals surface area contributed by atoms with Crippen molar-refractivity contribution in [3.8, 4) is 0 Å². The number of alkyl halides is 6. The standard InChI is InChI=1S/C11H11F6NO/c12-10(13,14)8-4-2-1-3-7(8)5-18-6-9(19)11(15,16)17/h1-4,9,18-19H,5-6H2/t9-/m0/s1. The number of hydrogen-bond acceptors (Lipinski definition) is 2. The predicted molar refractivity (Wildman–Crippen MR) is 55.2 cm³/mol. The van der Waals surface area contributed by atoms with Gasteiger partial charge in [0.2, 0.25) is 0 Å². The summed E-state index contributed by atoms with van der Waals surface area (Å²) in [6, 6.07) is 4.55. The van der Waals surface area contributed by atoms with E-state index < -0.39 is 37.1 Å². The van der Waals surface area contributed by atoms with Gasteiger partial charge in [0.1, 0.15) is 0 Å². The van der Waals surface area contributed by atoms with Crippen LogP contribution in [0.15, 0.2) is 24.3 Å². The Morgan fingerprint density at radius 3 is 2.16 bits per heavy atom. The van der Waals surface area contributed by atoms with Gasteiger partial charge in [-0.3, -0.25) is 0 Å². The lowest BCUT2D eigenvalue weighted by Crippen LogP contribution is -2.38. The van der Waals surface area contributed by atoms with E-state index in [0.717, 1.165) is 12.1 Å². The Morgan fingerprint density at radius 2 is 1.63 bits per heavy atom. The lowest BCUT2D eigenvalue weighted by Gasteiger charge is -2.16. The van der Waals surface area contributed by atoms with E-state index in [1.807, 2.05) is 0 Å². The molecule has 0 heterocycles. The van der Waals surface area contributed by atoms with Crippen LogP contribution in [0.3, 0.4) is 0 Å². The van der Waals surface area contributed by atoms with Crippen LogP contribution in [-0.4, -0.2) is 23.9 Å². The second-order valence-corrected chi connectivity index (χ2v) is 3.84. The molecule has 1 atom stereocenters. The maximum atomic E-state index is 12.6. The second-order valence-electron chi connectivity index (χ2n) is 3.84. The molecule has 1 aromatic rings. The number of halogens is 6. The van der Waals surface area contributed by atoms with Gasteiger partial charge in [0.15, 0.2) is 6.10 Å². The molecule has 0 aromatic heterocycles. The molecule has 2 N–H and O–H groups in total. The molecule has 0 spiro atoms. The average molecular weight is 287 g/mol. The van der Waals surface area contributed by atoms with E-state index in [1.54, 1.807) is 0 Å².